The Morgan fingerprint density at radius 3 is 2.47 bits per heavy atom. The van der Waals surface area contributed by atoms with Crippen molar-refractivity contribution in [1.82, 2.24) is 0 Å². The maximum atomic E-state index is 12.2. The largest absolute Gasteiger partial charge is 0.496 e. The molecule has 0 radical (unpaired) electrons. The second kappa shape index (κ2) is 4.47. The van der Waals surface area contributed by atoms with Crippen molar-refractivity contribution in [2.45, 2.75) is 27.2 Å². The van der Waals surface area contributed by atoms with E-state index in [0.717, 1.165) is 6.42 Å². The van der Waals surface area contributed by atoms with Crippen molar-refractivity contribution in [2.24, 2.45) is 5.41 Å². The maximum Gasteiger partial charge on any atom is 0.172 e. The van der Waals surface area contributed by atoms with Gasteiger partial charge in [0.2, 0.25) is 0 Å². The maximum absolute atomic E-state index is 12.2. The van der Waals surface area contributed by atoms with E-state index in [-0.39, 0.29) is 11.2 Å². The summed E-state index contributed by atoms with van der Waals surface area (Å²) < 4.78 is 5.19. The van der Waals surface area contributed by atoms with Gasteiger partial charge < -0.3 is 4.74 Å². The number of rotatable bonds is 4. The van der Waals surface area contributed by atoms with Crippen LogP contribution in [0.15, 0.2) is 24.3 Å². The smallest absolute Gasteiger partial charge is 0.172 e. The van der Waals surface area contributed by atoms with Crippen LogP contribution in [0, 0.1) is 5.41 Å². The Morgan fingerprint density at radius 2 is 1.93 bits per heavy atom. The van der Waals surface area contributed by atoms with Crippen molar-refractivity contribution in [3.63, 3.8) is 0 Å². The van der Waals surface area contributed by atoms with Gasteiger partial charge in [0.15, 0.2) is 5.78 Å². The molecule has 82 valence electrons. The van der Waals surface area contributed by atoms with Gasteiger partial charge in [-0.05, 0) is 18.6 Å². The van der Waals surface area contributed by atoms with Gasteiger partial charge in [0.25, 0.3) is 0 Å². The lowest BCUT2D eigenvalue weighted by Gasteiger charge is -2.21. The summed E-state index contributed by atoms with van der Waals surface area (Å²) in [7, 11) is 1.59. The molecule has 2 heteroatoms. The summed E-state index contributed by atoms with van der Waals surface area (Å²) in [6, 6.07) is 7.37. The zero-order chi connectivity index (χ0) is 11.5. The molecular formula is C13H18O2. The summed E-state index contributed by atoms with van der Waals surface area (Å²) in [6.45, 7) is 5.94. The summed E-state index contributed by atoms with van der Waals surface area (Å²) in [5, 5.41) is 0. The van der Waals surface area contributed by atoms with E-state index in [4.69, 9.17) is 4.74 Å². The van der Waals surface area contributed by atoms with E-state index in [1.54, 1.807) is 7.11 Å². The summed E-state index contributed by atoms with van der Waals surface area (Å²) in [5.41, 5.74) is 0.348. The van der Waals surface area contributed by atoms with E-state index in [2.05, 4.69) is 0 Å². The minimum Gasteiger partial charge on any atom is -0.496 e. The minimum atomic E-state index is -0.325. The molecule has 0 fully saturated rings. The highest BCUT2D eigenvalue weighted by Gasteiger charge is 2.28. The predicted octanol–water partition coefficient (Wildman–Crippen LogP) is 3.31. The number of benzene rings is 1. The van der Waals surface area contributed by atoms with Gasteiger partial charge in [0.05, 0.1) is 12.7 Å². The lowest BCUT2D eigenvalue weighted by molar-refractivity contribution is 0.0829. The monoisotopic (exact) mass is 206 g/mol. The number of ketones is 1. The SMILES string of the molecule is CCC(C)(C)C(=O)c1ccccc1OC. The predicted molar refractivity (Wildman–Crippen MR) is 61.4 cm³/mol. The van der Waals surface area contributed by atoms with Crippen LogP contribution in [0.25, 0.3) is 0 Å². The molecule has 0 spiro atoms. The van der Waals surface area contributed by atoms with E-state index in [0.29, 0.717) is 11.3 Å². The van der Waals surface area contributed by atoms with Crippen LogP contribution in [-0.4, -0.2) is 12.9 Å². The van der Waals surface area contributed by atoms with Crippen molar-refractivity contribution < 1.29 is 9.53 Å². The number of hydrogen-bond donors (Lipinski definition) is 0. The van der Waals surface area contributed by atoms with Gasteiger partial charge in [-0.25, -0.2) is 0 Å². The Kier molecular flexibility index (Phi) is 3.51. The Balaban J connectivity index is 3.11. The highest BCUT2D eigenvalue weighted by Crippen LogP contribution is 2.29. The van der Waals surface area contributed by atoms with Crippen molar-refractivity contribution in [1.29, 1.82) is 0 Å². The Hall–Kier alpha value is -1.31. The molecule has 0 saturated heterocycles. The Morgan fingerprint density at radius 1 is 1.33 bits per heavy atom. The second-order valence-electron chi connectivity index (χ2n) is 4.27. The van der Waals surface area contributed by atoms with Crippen LogP contribution in [0.2, 0.25) is 0 Å². The fourth-order valence-corrected chi connectivity index (χ4v) is 1.36. The van der Waals surface area contributed by atoms with Gasteiger partial charge in [0.1, 0.15) is 5.75 Å². The summed E-state index contributed by atoms with van der Waals surface area (Å²) in [5.74, 6) is 0.798. The zero-order valence-corrected chi connectivity index (χ0v) is 9.83. The Labute approximate surface area is 91.3 Å². The first-order chi connectivity index (χ1) is 7.03. The van der Waals surface area contributed by atoms with Gasteiger partial charge in [-0.3, -0.25) is 4.79 Å². The highest BCUT2D eigenvalue weighted by atomic mass is 16.5. The third kappa shape index (κ3) is 2.38. The van der Waals surface area contributed by atoms with Crippen LogP contribution in [0.1, 0.15) is 37.6 Å². The van der Waals surface area contributed by atoms with E-state index in [1.165, 1.54) is 0 Å². The molecule has 0 unspecified atom stereocenters. The van der Waals surface area contributed by atoms with E-state index < -0.39 is 0 Å². The van der Waals surface area contributed by atoms with E-state index >= 15 is 0 Å². The highest BCUT2D eigenvalue weighted by molar-refractivity contribution is 6.02. The van der Waals surface area contributed by atoms with Crippen LogP contribution in [0.3, 0.4) is 0 Å². The molecule has 2 nitrogen and oxygen atoms in total. The molecule has 0 aliphatic carbocycles. The molecule has 15 heavy (non-hydrogen) atoms. The lowest BCUT2D eigenvalue weighted by atomic mass is 9.82. The van der Waals surface area contributed by atoms with E-state index in [1.807, 2.05) is 45.0 Å². The number of ether oxygens (including phenoxy) is 1. The van der Waals surface area contributed by atoms with Crippen LogP contribution in [0.4, 0.5) is 0 Å². The van der Waals surface area contributed by atoms with Crippen molar-refractivity contribution >= 4 is 5.78 Å². The standard InChI is InChI=1S/C13H18O2/c1-5-13(2,3)12(14)10-8-6-7-9-11(10)15-4/h6-9H,5H2,1-4H3. The zero-order valence-electron chi connectivity index (χ0n) is 9.83. The number of Topliss-reactive ketones (excluding diaryl/α,β-unsaturated/α-hetero) is 1. The quantitative estimate of drug-likeness (QED) is 0.706. The third-order valence-corrected chi connectivity index (χ3v) is 2.85. The van der Waals surface area contributed by atoms with Crippen LogP contribution in [0.5, 0.6) is 5.75 Å². The second-order valence-corrected chi connectivity index (χ2v) is 4.27. The molecule has 0 heterocycles. The summed E-state index contributed by atoms with van der Waals surface area (Å²) in [4.78, 5) is 12.2. The molecule has 1 aromatic carbocycles. The molecule has 0 atom stereocenters. The third-order valence-electron chi connectivity index (χ3n) is 2.85. The minimum absolute atomic E-state index is 0.141. The van der Waals surface area contributed by atoms with Crippen LogP contribution in [-0.2, 0) is 0 Å². The lowest BCUT2D eigenvalue weighted by Crippen LogP contribution is -2.23. The number of carbonyl (C=O) groups is 1. The molecule has 0 N–H and O–H groups in total. The molecule has 0 aliphatic heterocycles. The molecule has 0 aromatic heterocycles. The first kappa shape index (κ1) is 11.8. The van der Waals surface area contributed by atoms with Crippen molar-refractivity contribution in [2.75, 3.05) is 7.11 Å². The molecular weight excluding hydrogens is 188 g/mol. The molecule has 1 aromatic rings. The van der Waals surface area contributed by atoms with Crippen molar-refractivity contribution in [3.05, 3.63) is 29.8 Å². The number of hydrogen-bond acceptors (Lipinski definition) is 2. The first-order valence-corrected chi connectivity index (χ1v) is 5.20. The normalized spacial score (nSPS) is 11.2. The van der Waals surface area contributed by atoms with Gasteiger partial charge in [0, 0.05) is 5.41 Å². The van der Waals surface area contributed by atoms with Gasteiger partial charge in [-0.15, -0.1) is 0 Å². The number of carbonyl (C=O) groups excluding carboxylic acids is 1. The van der Waals surface area contributed by atoms with Crippen molar-refractivity contribution in [3.8, 4) is 5.75 Å². The molecule has 0 bridgehead atoms. The van der Waals surface area contributed by atoms with Crippen LogP contribution >= 0.6 is 0 Å². The number of para-hydroxylation sites is 1. The van der Waals surface area contributed by atoms with E-state index in [9.17, 15) is 4.79 Å². The fraction of sp³-hybridized carbons (Fsp3) is 0.462. The molecule has 0 aliphatic rings. The molecule has 0 amide bonds. The first-order valence-electron chi connectivity index (χ1n) is 5.20. The average molecular weight is 206 g/mol. The molecule has 0 saturated carbocycles. The number of methoxy groups -OCH3 is 1. The van der Waals surface area contributed by atoms with Gasteiger partial charge >= 0.3 is 0 Å². The molecule has 1 rings (SSSR count). The summed E-state index contributed by atoms with van der Waals surface area (Å²) >= 11 is 0. The fourth-order valence-electron chi connectivity index (χ4n) is 1.36. The van der Waals surface area contributed by atoms with Crippen LogP contribution < -0.4 is 4.74 Å². The van der Waals surface area contributed by atoms with Gasteiger partial charge in [-0.1, -0.05) is 32.9 Å². The average Bonchev–Trinajstić information content (AvgIpc) is 2.28. The topological polar surface area (TPSA) is 26.3 Å². The van der Waals surface area contributed by atoms with Gasteiger partial charge in [-0.2, -0.15) is 0 Å². The summed E-state index contributed by atoms with van der Waals surface area (Å²) in [6.07, 6.45) is 0.823. The Bertz CT molecular complexity index is 353.